The lowest BCUT2D eigenvalue weighted by Crippen LogP contribution is -2.27. The number of nitrogens with zero attached hydrogens (tertiary/aromatic N) is 2. The van der Waals surface area contributed by atoms with E-state index in [1.165, 1.54) is 11.5 Å². The summed E-state index contributed by atoms with van der Waals surface area (Å²) in [6.07, 6.45) is 0. The Morgan fingerprint density at radius 1 is 1.00 bits per heavy atom. The zero-order chi connectivity index (χ0) is 17.1. The predicted octanol–water partition coefficient (Wildman–Crippen LogP) is 3.49. The first-order chi connectivity index (χ1) is 11.6. The second-order valence-electron chi connectivity index (χ2n) is 5.42. The molecule has 0 amide bonds. The summed E-state index contributed by atoms with van der Waals surface area (Å²) in [5.74, 6) is 0.131. The van der Waals surface area contributed by atoms with E-state index in [0.29, 0.717) is 16.9 Å². The van der Waals surface area contributed by atoms with Gasteiger partial charge in [0.25, 0.3) is 0 Å². The van der Waals surface area contributed by atoms with Gasteiger partial charge < -0.3 is 5.32 Å². The third-order valence-electron chi connectivity index (χ3n) is 3.74. The van der Waals surface area contributed by atoms with E-state index >= 15 is 0 Å². The largest absolute Gasteiger partial charge is 0.354 e. The summed E-state index contributed by atoms with van der Waals surface area (Å²) in [6.45, 7) is 3.23. The molecule has 3 aromatic rings. The van der Waals surface area contributed by atoms with E-state index in [2.05, 4.69) is 10.3 Å². The van der Waals surface area contributed by atoms with Crippen molar-refractivity contribution in [1.82, 2.24) is 9.55 Å². The van der Waals surface area contributed by atoms with Crippen LogP contribution in [0.3, 0.4) is 0 Å². The lowest BCUT2D eigenvalue weighted by atomic mass is 10.1. The van der Waals surface area contributed by atoms with Gasteiger partial charge in [0, 0.05) is 11.4 Å². The summed E-state index contributed by atoms with van der Waals surface area (Å²) in [6, 6.07) is 18.5. The summed E-state index contributed by atoms with van der Waals surface area (Å²) in [7, 11) is 0. The molecular formula is C19H17N3O2. The van der Waals surface area contributed by atoms with Crippen LogP contribution in [0.5, 0.6) is 0 Å². The van der Waals surface area contributed by atoms with Crippen LogP contribution in [-0.2, 0) is 0 Å². The molecule has 5 nitrogen and oxygen atoms in total. The van der Waals surface area contributed by atoms with Crippen molar-refractivity contribution in [3.63, 3.8) is 0 Å². The van der Waals surface area contributed by atoms with Crippen LogP contribution in [0, 0.1) is 6.92 Å². The summed E-state index contributed by atoms with van der Waals surface area (Å²) >= 11 is 0. The molecular weight excluding hydrogens is 302 g/mol. The third kappa shape index (κ3) is 2.96. The van der Waals surface area contributed by atoms with Gasteiger partial charge in [-0.05, 0) is 38.1 Å². The van der Waals surface area contributed by atoms with Gasteiger partial charge in [-0.25, -0.2) is 4.79 Å². The Bertz CT molecular complexity index is 932. The van der Waals surface area contributed by atoms with Crippen LogP contribution in [-0.4, -0.2) is 15.3 Å². The number of rotatable bonds is 4. The van der Waals surface area contributed by atoms with Crippen LogP contribution in [0.1, 0.15) is 23.0 Å². The molecule has 24 heavy (non-hydrogen) atoms. The number of hydrogen-bond acceptors (Lipinski definition) is 4. The van der Waals surface area contributed by atoms with Crippen molar-refractivity contribution in [2.45, 2.75) is 13.8 Å². The van der Waals surface area contributed by atoms with E-state index < -0.39 is 5.69 Å². The van der Waals surface area contributed by atoms with Gasteiger partial charge in [0.05, 0.1) is 11.3 Å². The molecule has 0 aliphatic rings. The van der Waals surface area contributed by atoms with Crippen LogP contribution >= 0.6 is 0 Å². The standard InChI is InChI=1S/C19H17N3O2/c1-13-17(14(2)23)18(20-15-9-5-3-6-10-15)21-19(24)22(13)16-11-7-4-8-12-16/h3-12H,1-2H3,(H,20,21,24). The number of anilines is 2. The van der Waals surface area contributed by atoms with Crippen molar-refractivity contribution in [2.75, 3.05) is 5.32 Å². The molecule has 0 atom stereocenters. The maximum Gasteiger partial charge on any atom is 0.354 e. The number of para-hydroxylation sites is 2. The molecule has 0 unspecified atom stereocenters. The van der Waals surface area contributed by atoms with E-state index in [1.807, 2.05) is 60.7 Å². The van der Waals surface area contributed by atoms with Crippen LogP contribution in [0.25, 0.3) is 5.69 Å². The zero-order valence-electron chi connectivity index (χ0n) is 13.5. The molecule has 3 rings (SSSR count). The molecule has 0 bridgehead atoms. The number of aromatic nitrogens is 2. The van der Waals surface area contributed by atoms with Crippen molar-refractivity contribution in [3.8, 4) is 5.69 Å². The third-order valence-corrected chi connectivity index (χ3v) is 3.74. The molecule has 0 aliphatic heterocycles. The monoisotopic (exact) mass is 319 g/mol. The van der Waals surface area contributed by atoms with Crippen molar-refractivity contribution in [3.05, 3.63) is 82.4 Å². The molecule has 1 N–H and O–H groups in total. The van der Waals surface area contributed by atoms with E-state index in [1.54, 1.807) is 6.92 Å². The Balaban J connectivity index is 2.19. The number of carbonyl (C=O) groups is 1. The van der Waals surface area contributed by atoms with Crippen molar-refractivity contribution >= 4 is 17.3 Å². The second kappa shape index (κ2) is 6.50. The van der Waals surface area contributed by atoms with Crippen LogP contribution in [0.15, 0.2) is 65.5 Å². The zero-order valence-corrected chi connectivity index (χ0v) is 13.5. The Labute approximate surface area is 139 Å². The molecule has 0 radical (unpaired) electrons. The highest BCUT2D eigenvalue weighted by Crippen LogP contribution is 2.22. The highest BCUT2D eigenvalue weighted by Gasteiger charge is 2.18. The number of nitrogens with one attached hydrogen (secondary N) is 1. The van der Waals surface area contributed by atoms with E-state index in [0.717, 1.165) is 5.69 Å². The van der Waals surface area contributed by atoms with Gasteiger partial charge in [-0.15, -0.1) is 0 Å². The van der Waals surface area contributed by atoms with Gasteiger partial charge in [0.2, 0.25) is 0 Å². The lowest BCUT2D eigenvalue weighted by Gasteiger charge is -2.16. The summed E-state index contributed by atoms with van der Waals surface area (Å²) in [4.78, 5) is 28.8. The maximum absolute atomic E-state index is 12.5. The lowest BCUT2D eigenvalue weighted by molar-refractivity contribution is 0.101. The fourth-order valence-electron chi connectivity index (χ4n) is 2.68. The molecule has 0 aliphatic carbocycles. The molecule has 2 aromatic carbocycles. The molecule has 120 valence electrons. The molecule has 1 aromatic heterocycles. The van der Waals surface area contributed by atoms with Gasteiger partial charge in [-0.1, -0.05) is 36.4 Å². The minimum absolute atomic E-state index is 0.150. The van der Waals surface area contributed by atoms with E-state index in [-0.39, 0.29) is 11.6 Å². The summed E-state index contributed by atoms with van der Waals surface area (Å²) < 4.78 is 1.45. The fourth-order valence-corrected chi connectivity index (χ4v) is 2.68. The maximum atomic E-state index is 12.5. The van der Waals surface area contributed by atoms with Gasteiger partial charge in [-0.3, -0.25) is 9.36 Å². The first-order valence-electron chi connectivity index (χ1n) is 7.60. The Hall–Kier alpha value is -3.21. The minimum Gasteiger partial charge on any atom is -0.339 e. The second-order valence-corrected chi connectivity index (χ2v) is 5.42. The minimum atomic E-state index is -0.429. The number of Topliss-reactive ketones (excluding diaryl/α,β-unsaturated/α-hetero) is 1. The number of carbonyl (C=O) groups excluding carboxylic acids is 1. The SMILES string of the molecule is CC(=O)c1c(Nc2ccccc2)nc(=O)n(-c2ccccc2)c1C. The summed E-state index contributed by atoms with van der Waals surface area (Å²) in [5.41, 5.74) is 1.99. The Kier molecular flexibility index (Phi) is 4.24. The highest BCUT2D eigenvalue weighted by atomic mass is 16.1. The first-order valence-corrected chi connectivity index (χ1v) is 7.60. The smallest absolute Gasteiger partial charge is 0.339 e. The van der Waals surface area contributed by atoms with Gasteiger partial charge in [0.15, 0.2) is 5.78 Å². The van der Waals surface area contributed by atoms with E-state index in [4.69, 9.17) is 0 Å². The predicted molar refractivity (Wildman–Crippen MR) is 94.3 cm³/mol. The number of hydrogen-bond donors (Lipinski definition) is 1. The van der Waals surface area contributed by atoms with Crippen LogP contribution in [0.4, 0.5) is 11.5 Å². The molecule has 0 saturated carbocycles. The highest BCUT2D eigenvalue weighted by molar-refractivity contribution is 6.00. The van der Waals surface area contributed by atoms with Gasteiger partial charge >= 0.3 is 5.69 Å². The first kappa shape index (κ1) is 15.7. The van der Waals surface area contributed by atoms with Gasteiger partial charge in [0.1, 0.15) is 5.82 Å². The van der Waals surface area contributed by atoms with E-state index in [9.17, 15) is 9.59 Å². The average Bonchev–Trinajstić information content (AvgIpc) is 2.56. The molecule has 5 heteroatoms. The van der Waals surface area contributed by atoms with Crippen LogP contribution < -0.4 is 11.0 Å². The average molecular weight is 319 g/mol. The topological polar surface area (TPSA) is 64.0 Å². The number of ketones is 1. The van der Waals surface area contributed by atoms with Crippen molar-refractivity contribution in [1.29, 1.82) is 0 Å². The quantitative estimate of drug-likeness (QED) is 0.748. The van der Waals surface area contributed by atoms with Crippen molar-refractivity contribution < 1.29 is 4.79 Å². The molecule has 1 heterocycles. The summed E-state index contributed by atoms with van der Waals surface area (Å²) in [5, 5.41) is 3.07. The molecule has 0 spiro atoms. The Morgan fingerprint density at radius 3 is 2.17 bits per heavy atom. The fraction of sp³-hybridized carbons (Fsp3) is 0.105. The molecule has 0 fully saturated rings. The normalized spacial score (nSPS) is 10.4. The van der Waals surface area contributed by atoms with Crippen LogP contribution in [0.2, 0.25) is 0 Å². The van der Waals surface area contributed by atoms with Crippen molar-refractivity contribution in [2.24, 2.45) is 0 Å². The molecule has 0 saturated heterocycles. The Morgan fingerprint density at radius 2 is 1.58 bits per heavy atom. The van der Waals surface area contributed by atoms with Gasteiger partial charge in [-0.2, -0.15) is 4.98 Å². The number of benzene rings is 2.